The number of carboxylic acids is 1. The van der Waals surface area contributed by atoms with Crippen LogP contribution in [0.3, 0.4) is 0 Å². The maximum absolute atomic E-state index is 12.6. The number of Topliss-reactive ketones (excluding diaryl/α,β-unsaturated/α-hetero) is 1. The van der Waals surface area contributed by atoms with Gasteiger partial charge >= 0.3 is 5.97 Å². The molecule has 3 rings (SSSR count). The molecule has 9 heteroatoms. The zero-order valence-corrected chi connectivity index (χ0v) is 14.3. The van der Waals surface area contributed by atoms with Crippen LogP contribution in [-0.4, -0.2) is 44.2 Å². The third-order valence-corrected chi connectivity index (χ3v) is 4.31. The number of benzene rings is 2. The molecular weight excluding hydrogens is 368 g/mol. The van der Waals surface area contributed by atoms with E-state index < -0.39 is 40.9 Å². The Kier molecular flexibility index (Phi) is 4.90. The summed E-state index contributed by atoms with van der Waals surface area (Å²) in [7, 11) is 0. The fourth-order valence-electron chi connectivity index (χ4n) is 3.07. The van der Waals surface area contributed by atoms with Crippen molar-refractivity contribution in [3.8, 4) is 0 Å². The van der Waals surface area contributed by atoms with Gasteiger partial charge in [0.25, 0.3) is 17.4 Å². The molecule has 2 N–H and O–H groups in total. The van der Waals surface area contributed by atoms with Crippen LogP contribution in [-0.2, 0) is 14.4 Å². The topological polar surface area (TPSA) is 138 Å². The van der Waals surface area contributed by atoms with Crippen molar-refractivity contribution in [3.05, 3.63) is 81.4 Å². The predicted octanol–water partition coefficient (Wildman–Crippen LogP) is 2.10. The van der Waals surface area contributed by atoms with Gasteiger partial charge in [-0.1, -0.05) is 30.3 Å². The molecule has 0 aromatic heterocycles. The number of aliphatic carboxylic acids is 1. The van der Waals surface area contributed by atoms with E-state index in [0.717, 1.165) is 4.90 Å². The monoisotopic (exact) mass is 382 g/mol. The number of aliphatic hydroxyl groups excluding tert-OH is 1. The Bertz CT molecular complexity index is 997. The van der Waals surface area contributed by atoms with Crippen LogP contribution in [0.5, 0.6) is 0 Å². The predicted molar refractivity (Wildman–Crippen MR) is 96.2 cm³/mol. The highest BCUT2D eigenvalue weighted by Gasteiger charge is 2.46. The minimum Gasteiger partial charge on any atom is -0.507 e. The molecule has 0 saturated carbocycles. The minimum atomic E-state index is -1.34. The van der Waals surface area contributed by atoms with E-state index in [2.05, 4.69) is 0 Å². The molecule has 1 amide bonds. The van der Waals surface area contributed by atoms with Crippen molar-refractivity contribution in [2.45, 2.75) is 6.04 Å². The zero-order valence-electron chi connectivity index (χ0n) is 14.3. The average Bonchev–Trinajstić information content (AvgIpc) is 2.92. The number of non-ortho nitro benzene ring substituents is 1. The first-order valence-electron chi connectivity index (χ1n) is 8.11. The van der Waals surface area contributed by atoms with E-state index in [1.807, 2.05) is 0 Å². The Hall–Kier alpha value is -4.01. The Morgan fingerprint density at radius 1 is 1.04 bits per heavy atom. The number of nitrogens with zero attached hydrogens (tertiary/aromatic N) is 2. The number of hydrogen-bond donors (Lipinski definition) is 2. The van der Waals surface area contributed by atoms with Gasteiger partial charge in [-0.25, -0.2) is 0 Å². The van der Waals surface area contributed by atoms with E-state index in [9.17, 15) is 29.6 Å². The fraction of sp³-hybridized carbons (Fsp3) is 0.105. The summed E-state index contributed by atoms with van der Waals surface area (Å²) in [6.07, 6.45) is 0. The molecular formula is C19H14N2O7. The van der Waals surface area contributed by atoms with Gasteiger partial charge in [-0.15, -0.1) is 0 Å². The molecule has 9 nitrogen and oxygen atoms in total. The average molecular weight is 382 g/mol. The highest BCUT2D eigenvalue weighted by atomic mass is 16.6. The highest BCUT2D eigenvalue weighted by molar-refractivity contribution is 6.46. The van der Waals surface area contributed by atoms with Crippen LogP contribution in [0.1, 0.15) is 17.2 Å². The summed E-state index contributed by atoms with van der Waals surface area (Å²) < 4.78 is 0. The number of ketones is 1. The molecule has 0 aliphatic carbocycles. The van der Waals surface area contributed by atoms with Crippen LogP contribution < -0.4 is 0 Å². The van der Waals surface area contributed by atoms with Gasteiger partial charge in [-0.3, -0.25) is 24.5 Å². The third-order valence-electron chi connectivity index (χ3n) is 4.31. The van der Waals surface area contributed by atoms with E-state index in [1.54, 1.807) is 18.2 Å². The molecule has 1 fully saturated rings. The molecule has 0 radical (unpaired) electrons. The lowest BCUT2D eigenvalue weighted by Gasteiger charge is -2.23. The first-order valence-corrected chi connectivity index (χ1v) is 8.11. The summed E-state index contributed by atoms with van der Waals surface area (Å²) in [5, 5.41) is 30.7. The maximum atomic E-state index is 12.6. The molecule has 1 saturated heterocycles. The standard InChI is InChI=1S/C19H14N2O7/c22-14(23)10-20-16(11-6-8-13(9-7-11)21(27)28)15(18(25)19(20)26)17(24)12-4-2-1-3-5-12/h1-9,16,24H,10H2,(H,22,23). The summed E-state index contributed by atoms with van der Waals surface area (Å²) >= 11 is 0. The molecule has 1 atom stereocenters. The quantitative estimate of drug-likeness (QED) is 0.265. The molecule has 1 unspecified atom stereocenters. The molecule has 142 valence electrons. The van der Waals surface area contributed by atoms with E-state index in [-0.39, 0.29) is 22.4 Å². The number of likely N-dealkylation sites (tertiary alicyclic amines) is 1. The lowest BCUT2D eigenvalue weighted by Crippen LogP contribution is -2.34. The number of nitro groups is 1. The van der Waals surface area contributed by atoms with Crippen molar-refractivity contribution in [2.24, 2.45) is 0 Å². The van der Waals surface area contributed by atoms with Gasteiger partial charge in [0.1, 0.15) is 12.3 Å². The summed E-state index contributed by atoms with van der Waals surface area (Å²) in [6, 6.07) is 11.8. The van der Waals surface area contributed by atoms with Crippen LogP contribution in [0, 0.1) is 10.1 Å². The van der Waals surface area contributed by atoms with Gasteiger partial charge < -0.3 is 15.1 Å². The van der Waals surface area contributed by atoms with Crippen molar-refractivity contribution < 1.29 is 29.5 Å². The second kappa shape index (κ2) is 7.31. The first kappa shape index (κ1) is 18.8. The Morgan fingerprint density at radius 3 is 2.18 bits per heavy atom. The third kappa shape index (κ3) is 3.32. The van der Waals surface area contributed by atoms with Gasteiger partial charge in [0.2, 0.25) is 0 Å². The van der Waals surface area contributed by atoms with Crippen molar-refractivity contribution >= 4 is 29.1 Å². The van der Waals surface area contributed by atoms with Gasteiger partial charge in [0.15, 0.2) is 0 Å². The maximum Gasteiger partial charge on any atom is 0.323 e. The van der Waals surface area contributed by atoms with Crippen LogP contribution in [0.15, 0.2) is 60.2 Å². The number of nitro benzene ring substituents is 1. The molecule has 28 heavy (non-hydrogen) atoms. The molecule has 0 bridgehead atoms. The van der Waals surface area contributed by atoms with Crippen LogP contribution in [0.25, 0.3) is 5.76 Å². The number of carbonyl (C=O) groups excluding carboxylic acids is 2. The summed E-state index contributed by atoms with van der Waals surface area (Å²) in [5.41, 5.74) is 0.0690. The largest absolute Gasteiger partial charge is 0.507 e. The second-order valence-corrected chi connectivity index (χ2v) is 6.04. The Balaban J connectivity index is 2.18. The van der Waals surface area contributed by atoms with E-state index >= 15 is 0 Å². The molecule has 2 aromatic carbocycles. The zero-order chi connectivity index (χ0) is 20.4. The fourth-order valence-corrected chi connectivity index (χ4v) is 3.07. The molecule has 0 spiro atoms. The van der Waals surface area contributed by atoms with Gasteiger partial charge in [0.05, 0.1) is 16.5 Å². The smallest absolute Gasteiger partial charge is 0.323 e. The first-order chi connectivity index (χ1) is 13.3. The van der Waals surface area contributed by atoms with Crippen molar-refractivity contribution in [3.63, 3.8) is 0 Å². The highest BCUT2D eigenvalue weighted by Crippen LogP contribution is 2.39. The SMILES string of the molecule is O=C(O)CN1C(=O)C(=O)C(=C(O)c2ccccc2)C1c1ccc([N+](=O)[O-])cc1. The van der Waals surface area contributed by atoms with Crippen molar-refractivity contribution in [1.82, 2.24) is 4.90 Å². The number of aliphatic hydroxyl groups is 1. The number of carbonyl (C=O) groups is 3. The van der Waals surface area contributed by atoms with Gasteiger partial charge in [-0.05, 0) is 17.7 Å². The van der Waals surface area contributed by atoms with E-state index in [4.69, 9.17) is 5.11 Å². The molecule has 2 aromatic rings. The van der Waals surface area contributed by atoms with Crippen LogP contribution in [0.2, 0.25) is 0 Å². The summed E-state index contributed by atoms with van der Waals surface area (Å²) in [4.78, 5) is 47.2. The number of carboxylic acid groups (broad SMARTS) is 1. The second-order valence-electron chi connectivity index (χ2n) is 6.04. The van der Waals surface area contributed by atoms with Crippen molar-refractivity contribution in [2.75, 3.05) is 6.54 Å². The number of hydrogen-bond acceptors (Lipinski definition) is 6. The lowest BCUT2D eigenvalue weighted by atomic mass is 9.95. The van der Waals surface area contributed by atoms with Crippen LogP contribution in [0.4, 0.5) is 5.69 Å². The van der Waals surface area contributed by atoms with E-state index in [0.29, 0.717) is 0 Å². The van der Waals surface area contributed by atoms with E-state index in [1.165, 1.54) is 36.4 Å². The summed E-state index contributed by atoms with van der Waals surface area (Å²) in [6.45, 7) is -0.766. The normalized spacial score (nSPS) is 18.3. The van der Waals surface area contributed by atoms with Crippen molar-refractivity contribution in [1.29, 1.82) is 0 Å². The molecule has 1 heterocycles. The van der Waals surface area contributed by atoms with Crippen LogP contribution >= 0.6 is 0 Å². The minimum absolute atomic E-state index is 0.206. The van der Waals surface area contributed by atoms with Gasteiger partial charge in [0, 0.05) is 17.7 Å². The number of rotatable bonds is 5. The summed E-state index contributed by atoms with van der Waals surface area (Å²) in [5.74, 6) is -3.88. The van der Waals surface area contributed by atoms with Gasteiger partial charge in [-0.2, -0.15) is 0 Å². The number of amides is 1. The Labute approximate surface area is 158 Å². The molecule has 1 aliphatic rings. The Morgan fingerprint density at radius 2 is 1.64 bits per heavy atom. The lowest BCUT2D eigenvalue weighted by molar-refractivity contribution is -0.384. The molecule has 1 aliphatic heterocycles.